The molecule has 1 heterocycles. The van der Waals surface area contributed by atoms with Gasteiger partial charge in [-0.05, 0) is 55.5 Å². The fourth-order valence-electron chi connectivity index (χ4n) is 3.25. The predicted octanol–water partition coefficient (Wildman–Crippen LogP) is 1.57. The molecule has 1 atom stereocenters. The van der Waals surface area contributed by atoms with Crippen LogP contribution in [0.4, 0.5) is 15.8 Å². The Morgan fingerprint density at radius 1 is 1.12 bits per heavy atom. The minimum Gasteiger partial charge on any atom is -0.497 e. The Balaban J connectivity index is 1.52. The molecule has 0 bridgehead atoms. The number of carbonyl (C=O) groups excluding carboxylic acids is 1. The minimum atomic E-state index is -0.221. The molecular weight excluding hydrogens is 333 g/mol. The summed E-state index contributed by atoms with van der Waals surface area (Å²) in [6.07, 6.45) is 0. The summed E-state index contributed by atoms with van der Waals surface area (Å²) in [5.74, 6) is 0.556. The molecule has 0 aliphatic carbocycles. The zero-order chi connectivity index (χ0) is 18.5. The number of rotatable bonds is 5. The van der Waals surface area contributed by atoms with E-state index >= 15 is 0 Å². The smallest absolute Gasteiger partial charge is 0.282 e. The number of hydrogen-bond acceptors (Lipinski definition) is 3. The Morgan fingerprint density at radius 3 is 2.31 bits per heavy atom. The predicted molar refractivity (Wildman–Crippen MR) is 100 cm³/mol. The molecule has 0 radical (unpaired) electrons. The molecule has 6 heteroatoms. The van der Waals surface area contributed by atoms with Crippen molar-refractivity contribution in [3.8, 4) is 5.75 Å². The number of nitrogens with zero attached hydrogens (tertiary/aromatic N) is 1. The van der Waals surface area contributed by atoms with Crippen molar-refractivity contribution in [2.45, 2.75) is 13.0 Å². The maximum atomic E-state index is 13.1. The van der Waals surface area contributed by atoms with Crippen LogP contribution < -0.4 is 19.9 Å². The quantitative estimate of drug-likeness (QED) is 0.853. The first-order valence-corrected chi connectivity index (χ1v) is 8.87. The maximum Gasteiger partial charge on any atom is 0.282 e. The lowest BCUT2D eigenvalue weighted by Gasteiger charge is -2.36. The molecule has 1 aliphatic rings. The summed E-state index contributed by atoms with van der Waals surface area (Å²) in [6.45, 7) is 5.40. The second-order valence-electron chi connectivity index (χ2n) is 6.56. The molecule has 0 aromatic heterocycles. The Labute approximate surface area is 153 Å². The lowest BCUT2D eigenvalue weighted by molar-refractivity contribution is -0.914. The van der Waals surface area contributed by atoms with Crippen molar-refractivity contribution in [3.05, 3.63) is 54.3 Å². The van der Waals surface area contributed by atoms with Crippen molar-refractivity contribution < 1.29 is 18.8 Å². The lowest BCUT2D eigenvalue weighted by Crippen LogP contribution is -3.19. The van der Waals surface area contributed by atoms with Gasteiger partial charge in [0.05, 0.1) is 33.3 Å². The number of benzene rings is 2. The second-order valence-corrected chi connectivity index (χ2v) is 6.56. The van der Waals surface area contributed by atoms with Gasteiger partial charge in [0.15, 0.2) is 6.04 Å². The van der Waals surface area contributed by atoms with E-state index in [9.17, 15) is 9.18 Å². The molecule has 1 fully saturated rings. The Hall–Kier alpha value is -2.60. The molecule has 3 rings (SSSR count). The summed E-state index contributed by atoms with van der Waals surface area (Å²) in [4.78, 5) is 16.0. The van der Waals surface area contributed by atoms with Gasteiger partial charge < -0.3 is 19.9 Å². The fraction of sp³-hybridized carbons (Fsp3) is 0.350. The molecular formula is C20H25FN3O2+. The van der Waals surface area contributed by atoms with E-state index in [1.165, 1.54) is 17.0 Å². The first-order chi connectivity index (χ1) is 12.6. The van der Waals surface area contributed by atoms with Gasteiger partial charge in [-0.1, -0.05) is 0 Å². The fourth-order valence-corrected chi connectivity index (χ4v) is 3.25. The average Bonchev–Trinajstić information content (AvgIpc) is 2.69. The number of quaternary nitrogens is 1. The van der Waals surface area contributed by atoms with Crippen molar-refractivity contribution in [3.63, 3.8) is 0 Å². The van der Waals surface area contributed by atoms with Gasteiger partial charge >= 0.3 is 0 Å². The average molecular weight is 358 g/mol. The Kier molecular flexibility index (Phi) is 5.73. The van der Waals surface area contributed by atoms with E-state index in [2.05, 4.69) is 10.2 Å². The summed E-state index contributed by atoms with van der Waals surface area (Å²) in [5, 5.41) is 2.97. The van der Waals surface area contributed by atoms with Crippen molar-refractivity contribution in [2.24, 2.45) is 0 Å². The van der Waals surface area contributed by atoms with Gasteiger partial charge in [0.1, 0.15) is 11.6 Å². The number of piperazine rings is 1. The molecule has 26 heavy (non-hydrogen) atoms. The number of methoxy groups -OCH3 is 1. The third-order valence-corrected chi connectivity index (χ3v) is 4.96. The highest BCUT2D eigenvalue weighted by Gasteiger charge is 2.29. The largest absolute Gasteiger partial charge is 0.497 e. The van der Waals surface area contributed by atoms with E-state index in [4.69, 9.17) is 4.74 Å². The topological polar surface area (TPSA) is 46.0 Å². The number of carbonyl (C=O) groups is 1. The molecule has 1 saturated heterocycles. The van der Waals surface area contributed by atoms with Gasteiger partial charge in [-0.3, -0.25) is 4.79 Å². The highest BCUT2D eigenvalue weighted by Crippen LogP contribution is 2.16. The number of anilines is 2. The number of nitrogens with one attached hydrogen (secondary N) is 2. The summed E-state index contributed by atoms with van der Waals surface area (Å²) in [7, 11) is 1.62. The summed E-state index contributed by atoms with van der Waals surface area (Å²) < 4.78 is 18.2. The number of ether oxygens (including phenoxy) is 1. The van der Waals surface area contributed by atoms with Gasteiger partial charge in [-0.2, -0.15) is 0 Å². The van der Waals surface area contributed by atoms with Crippen LogP contribution in [0.3, 0.4) is 0 Å². The molecule has 2 aromatic rings. The van der Waals surface area contributed by atoms with Gasteiger partial charge in [0.2, 0.25) is 0 Å². The van der Waals surface area contributed by atoms with Gasteiger partial charge in [-0.25, -0.2) is 4.39 Å². The maximum absolute atomic E-state index is 13.1. The summed E-state index contributed by atoms with van der Waals surface area (Å²) in [5.41, 5.74) is 1.80. The highest BCUT2D eigenvalue weighted by atomic mass is 19.1. The van der Waals surface area contributed by atoms with Crippen LogP contribution in [0.25, 0.3) is 0 Å². The molecule has 5 nitrogen and oxygen atoms in total. The first-order valence-electron chi connectivity index (χ1n) is 8.87. The van der Waals surface area contributed by atoms with Crippen LogP contribution in [0.15, 0.2) is 48.5 Å². The molecule has 0 saturated carbocycles. The first kappa shape index (κ1) is 18.2. The second kappa shape index (κ2) is 8.19. The number of amides is 1. The zero-order valence-electron chi connectivity index (χ0n) is 15.2. The van der Waals surface area contributed by atoms with Crippen LogP contribution in [0.1, 0.15) is 6.92 Å². The number of halogens is 1. The molecule has 1 aliphatic heterocycles. The number of hydrogen-bond donors (Lipinski definition) is 2. The van der Waals surface area contributed by atoms with E-state index < -0.39 is 0 Å². The van der Waals surface area contributed by atoms with Crippen LogP contribution in [0.5, 0.6) is 5.75 Å². The third-order valence-electron chi connectivity index (χ3n) is 4.96. The monoisotopic (exact) mass is 358 g/mol. The lowest BCUT2D eigenvalue weighted by atomic mass is 10.2. The molecule has 0 spiro atoms. The standard InChI is InChI=1S/C20H24FN3O2/c1-15(20(25)22-17-5-9-19(26-2)10-6-17)23-11-13-24(14-12-23)18-7-3-16(21)4-8-18/h3-10,15H,11-14H2,1-2H3,(H,22,25)/p+1/t15-/m0/s1. The van der Waals surface area contributed by atoms with Crippen LogP contribution >= 0.6 is 0 Å². The molecule has 138 valence electrons. The summed E-state index contributed by atoms with van der Waals surface area (Å²) in [6, 6.07) is 13.8. The molecule has 2 aromatic carbocycles. The minimum absolute atomic E-state index is 0.0143. The summed E-state index contributed by atoms with van der Waals surface area (Å²) >= 11 is 0. The van der Waals surface area contributed by atoms with Crippen molar-refractivity contribution in [1.82, 2.24) is 0 Å². The molecule has 0 unspecified atom stereocenters. The van der Waals surface area contributed by atoms with E-state index in [1.54, 1.807) is 19.2 Å². The van der Waals surface area contributed by atoms with Gasteiger partial charge in [-0.15, -0.1) is 0 Å². The van der Waals surface area contributed by atoms with Crippen LogP contribution in [-0.4, -0.2) is 45.2 Å². The zero-order valence-corrected chi connectivity index (χ0v) is 15.2. The van der Waals surface area contributed by atoms with Crippen LogP contribution in [-0.2, 0) is 4.79 Å². The SMILES string of the molecule is COc1ccc(NC(=O)[C@H](C)[NH+]2CCN(c3ccc(F)cc3)CC2)cc1. The van der Waals surface area contributed by atoms with Gasteiger partial charge in [0, 0.05) is 11.4 Å². The van der Waals surface area contributed by atoms with E-state index in [0.717, 1.165) is 43.3 Å². The van der Waals surface area contributed by atoms with Crippen molar-refractivity contribution in [1.29, 1.82) is 0 Å². The van der Waals surface area contributed by atoms with Crippen molar-refractivity contribution >= 4 is 17.3 Å². The van der Waals surface area contributed by atoms with Gasteiger partial charge in [0.25, 0.3) is 5.91 Å². The Morgan fingerprint density at radius 2 is 1.73 bits per heavy atom. The normalized spacial score (nSPS) is 16.2. The third kappa shape index (κ3) is 4.32. The highest BCUT2D eigenvalue weighted by molar-refractivity contribution is 5.93. The van der Waals surface area contributed by atoms with E-state index in [0.29, 0.717) is 0 Å². The molecule has 1 amide bonds. The van der Waals surface area contributed by atoms with Crippen LogP contribution in [0, 0.1) is 5.82 Å². The van der Waals surface area contributed by atoms with E-state index in [-0.39, 0.29) is 17.8 Å². The Bertz CT molecular complexity index is 726. The van der Waals surface area contributed by atoms with Crippen molar-refractivity contribution in [2.75, 3.05) is 43.5 Å². The van der Waals surface area contributed by atoms with Crippen LogP contribution in [0.2, 0.25) is 0 Å². The van der Waals surface area contributed by atoms with E-state index in [1.807, 2.05) is 31.2 Å². The molecule has 2 N–H and O–H groups in total.